The number of nitrogens with one attached hydrogen (secondary N) is 2. The molecule has 144 valence electrons. The van der Waals surface area contributed by atoms with Crippen LogP contribution in [0.2, 0.25) is 0 Å². The molecule has 0 bridgehead atoms. The molecule has 2 N–H and O–H groups in total. The second-order valence-electron chi connectivity index (χ2n) is 5.98. The van der Waals surface area contributed by atoms with E-state index in [1.165, 1.54) is 4.31 Å². The molecule has 0 radical (unpaired) electrons. The molecule has 1 aromatic rings. The fourth-order valence-electron chi connectivity index (χ4n) is 2.93. The lowest BCUT2D eigenvalue weighted by Gasteiger charge is -2.30. The van der Waals surface area contributed by atoms with Crippen molar-refractivity contribution in [1.82, 2.24) is 20.1 Å². The van der Waals surface area contributed by atoms with E-state index in [-0.39, 0.29) is 29.1 Å². The second-order valence-corrected chi connectivity index (χ2v) is 7.85. The van der Waals surface area contributed by atoms with Crippen LogP contribution in [0, 0.1) is 19.8 Å². The zero-order valence-electron chi connectivity index (χ0n) is 14.9. The van der Waals surface area contributed by atoms with Crippen LogP contribution in [0.4, 0.5) is 0 Å². The summed E-state index contributed by atoms with van der Waals surface area (Å²) in [6.45, 7) is 8.08. The summed E-state index contributed by atoms with van der Waals surface area (Å²) in [6.07, 6.45) is 1.05. The first-order valence-electron chi connectivity index (χ1n) is 8.29. The van der Waals surface area contributed by atoms with E-state index in [4.69, 9.17) is 4.52 Å². The van der Waals surface area contributed by atoms with Gasteiger partial charge in [-0.2, -0.15) is 4.31 Å². The molecule has 1 aliphatic rings. The Kier molecular flexibility index (Phi) is 8.33. The SMILES string of the molecule is CCNCCNC(=O)C1CCN(S(=O)(=O)c2c(C)noc2C)CC1.Cl. The first-order valence-corrected chi connectivity index (χ1v) is 9.73. The number of carbonyl (C=O) groups excluding carboxylic acids is 1. The van der Waals surface area contributed by atoms with Crippen LogP contribution in [0.5, 0.6) is 0 Å². The van der Waals surface area contributed by atoms with Gasteiger partial charge in [-0.15, -0.1) is 12.4 Å². The number of hydrogen-bond acceptors (Lipinski definition) is 6. The van der Waals surface area contributed by atoms with E-state index in [9.17, 15) is 13.2 Å². The smallest absolute Gasteiger partial charge is 0.248 e. The maximum Gasteiger partial charge on any atom is 0.248 e. The van der Waals surface area contributed by atoms with Crippen molar-refractivity contribution in [2.24, 2.45) is 5.92 Å². The summed E-state index contributed by atoms with van der Waals surface area (Å²) in [5.74, 6) is 0.167. The van der Waals surface area contributed by atoms with E-state index in [1.54, 1.807) is 13.8 Å². The van der Waals surface area contributed by atoms with E-state index in [2.05, 4.69) is 15.8 Å². The van der Waals surface area contributed by atoms with Gasteiger partial charge in [-0.05, 0) is 33.2 Å². The standard InChI is InChI=1S/C15H26N4O4S.ClH/c1-4-16-7-8-17-15(20)13-5-9-19(10-6-13)24(21,22)14-11(2)18-23-12(14)3;/h13,16H,4-10H2,1-3H3,(H,17,20);1H. The van der Waals surface area contributed by atoms with Crippen LogP contribution in [0.25, 0.3) is 0 Å². The fourth-order valence-corrected chi connectivity index (χ4v) is 4.69. The lowest BCUT2D eigenvalue weighted by atomic mass is 9.97. The highest BCUT2D eigenvalue weighted by molar-refractivity contribution is 7.89. The minimum atomic E-state index is -3.62. The average Bonchev–Trinajstić information content (AvgIpc) is 2.91. The molecule has 0 aromatic carbocycles. The largest absolute Gasteiger partial charge is 0.360 e. The Morgan fingerprint density at radius 3 is 2.44 bits per heavy atom. The van der Waals surface area contributed by atoms with Crippen LogP contribution in [0.1, 0.15) is 31.2 Å². The van der Waals surface area contributed by atoms with Crippen LogP contribution in [0.3, 0.4) is 0 Å². The van der Waals surface area contributed by atoms with Crippen LogP contribution in [0.15, 0.2) is 9.42 Å². The first-order chi connectivity index (χ1) is 11.4. The molecule has 2 rings (SSSR count). The van der Waals surface area contributed by atoms with Gasteiger partial charge >= 0.3 is 0 Å². The van der Waals surface area contributed by atoms with Crippen molar-refractivity contribution in [3.63, 3.8) is 0 Å². The van der Waals surface area contributed by atoms with Gasteiger partial charge in [0.2, 0.25) is 15.9 Å². The summed E-state index contributed by atoms with van der Waals surface area (Å²) in [5.41, 5.74) is 0.371. The molecule has 10 heteroatoms. The molecule has 8 nitrogen and oxygen atoms in total. The lowest BCUT2D eigenvalue weighted by Crippen LogP contribution is -2.44. The zero-order chi connectivity index (χ0) is 17.7. The molecular weight excluding hydrogens is 368 g/mol. The number of piperidine rings is 1. The molecule has 1 saturated heterocycles. The van der Waals surface area contributed by atoms with Gasteiger partial charge in [-0.25, -0.2) is 8.42 Å². The van der Waals surface area contributed by atoms with Crippen molar-refractivity contribution < 1.29 is 17.7 Å². The Balaban J connectivity index is 0.00000312. The molecule has 0 spiro atoms. The Morgan fingerprint density at radius 1 is 1.28 bits per heavy atom. The van der Waals surface area contributed by atoms with E-state index in [1.807, 2.05) is 6.92 Å². The van der Waals surface area contributed by atoms with Crippen LogP contribution in [-0.2, 0) is 14.8 Å². The molecule has 0 aliphatic carbocycles. The van der Waals surface area contributed by atoms with Gasteiger partial charge in [-0.3, -0.25) is 4.79 Å². The van der Waals surface area contributed by atoms with Gasteiger partial charge < -0.3 is 15.2 Å². The third kappa shape index (κ3) is 5.16. The van der Waals surface area contributed by atoms with Crippen LogP contribution in [-0.4, -0.2) is 56.5 Å². The van der Waals surface area contributed by atoms with Crippen molar-refractivity contribution >= 4 is 28.3 Å². The molecule has 1 fully saturated rings. The minimum Gasteiger partial charge on any atom is -0.360 e. The Bertz CT molecular complexity index is 650. The number of nitrogens with zero attached hydrogens (tertiary/aromatic N) is 2. The highest BCUT2D eigenvalue weighted by Gasteiger charge is 2.35. The Morgan fingerprint density at radius 2 is 1.92 bits per heavy atom. The number of sulfonamides is 1. The predicted octanol–water partition coefficient (Wildman–Crippen LogP) is 0.840. The summed E-state index contributed by atoms with van der Waals surface area (Å²) in [5, 5.41) is 9.75. The van der Waals surface area contributed by atoms with Gasteiger partial charge in [0.15, 0.2) is 5.76 Å². The third-order valence-electron chi connectivity index (χ3n) is 4.24. The topological polar surface area (TPSA) is 105 Å². The first kappa shape index (κ1) is 21.9. The third-order valence-corrected chi connectivity index (χ3v) is 6.39. The number of rotatable bonds is 7. The summed E-state index contributed by atoms with van der Waals surface area (Å²) >= 11 is 0. The van der Waals surface area contributed by atoms with Gasteiger partial charge in [0.1, 0.15) is 10.6 Å². The van der Waals surface area contributed by atoms with Crippen LogP contribution < -0.4 is 10.6 Å². The van der Waals surface area contributed by atoms with Gasteiger partial charge in [0.05, 0.1) is 0 Å². The Labute approximate surface area is 155 Å². The molecule has 0 atom stereocenters. The van der Waals surface area contributed by atoms with E-state index >= 15 is 0 Å². The van der Waals surface area contributed by atoms with E-state index in [0.29, 0.717) is 43.9 Å². The molecule has 2 heterocycles. The average molecular weight is 395 g/mol. The number of aryl methyl sites for hydroxylation is 2. The molecule has 1 aromatic heterocycles. The monoisotopic (exact) mass is 394 g/mol. The fraction of sp³-hybridized carbons (Fsp3) is 0.733. The molecule has 1 amide bonds. The van der Waals surface area contributed by atoms with E-state index in [0.717, 1.165) is 13.1 Å². The van der Waals surface area contributed by atoms with Crippen molar-refractivity contribution in [3.05, 3.63) is 11.5 Å². The summed E-state index contributed by atoms with van der Waals surface area (Å²) in [4.78, 5) is 12.3. The van der Waals surface area contributed by atoms with Gasteiger partial charge in [0, 0.05) is 32.1 Å². The zero-order valence-corrected chi connectivity index (χ0v) is 16.5. The normalized spacial score (nSPS) is 16.4. The van der Waals surface area contributed by atoms with Gasteiger partial charge in [-0.1, -0.05) is 12.1 Å². The molecule has 25 heavy (non-hydrogen) atoms. The summed E-state index contributed by atoms with van der Waals surface area (Å²) in [6, 6.07) is 0. The maximum absolute atomic E-state index is 12.7. The quantitative estimate of drug-likeness (QED) is 0.664. The molecule has 1 aliphatic heterocycles. The number of likely N-dealkylation sites (N-methyl/N-ethyl adjacent to an activating group) is 1. The van der Waals surface area contributed by atoms with Crippen LogP contribution >= 0.6 is 12.4 Å². The van der Waals surface area contributed by atoms with Crippen molar-refractivity contribution in [2.75, 3.05) is 32.7 Å². The lowest BCUT2D eigenvalue weighted by molar-refractivity contribution is -0.126. The number of amides is 1. The van der Waals surface area contributed by atoms with E-state index < -0.39 is 10.0 Å². The van der Waals surface area contributed by atoms with Crippen molar-refractivity contribution in [2.45, 2.75) is 38.5 Å². The van der Waals surface area contributed by atoms with Gasteiger partial charge in [0.25, 0.3) is 0 Å². The predicted molar refractivity (Wildman–Crippen MR) is 96.3 cm³/mol. The highest BCUT2D eigenvalue weighted by Crippen LogP contribution is 2.27. The number of carbonyl (C=O) groups is 1. The number of aromatic nitrogens is 1. The van der Waals surface area contributed by atoms with Crippen molar-refractivity contribution in [1.29, 1.82) is 0 Å². The Hall–Kier alpha value is -1.16. The highest BCUT2D eigenvalue weighted by atomic mass is 35.5. The summed E-state index contributed by atoms with van der Waals surface area (Å²) < 4.78 is 31.8. The minimum absolute atomic E-state index is 0. The summed E-state index contributed by atoms with van der Waals surface area (Å²) in [7, 11) is -3.62. The second kappa shape index (κ2) is 9.51. The molecular formula is C15H27ClN4O4S. The van der Waals surface area contributed by atoms with Crippen molar-refractivity contribution in [3.8, 4) is 0 Å². The maximum atomic E-state index is 12.7. The number of halogens is 1. The molecule has 0 unspecified atom stereocenters. The molecule has 0 saturated carbocycles. The number of hydrogen-bond donors (Lipinski definition) is 2.